The zero-order valence-electron chi connectivity index (χ0n) is 13.8. The van der Waals surface area contributed by atoms with E-state index in [1.165, 1.54) is 14.1 Å². The van der Waals surface area contributed by atoms with Crippen LogP contribution in [0.4, 0.5) is 5.69 Å². The highest BCUT2D eigenvalue weighted by Crippen LogP contribution is 2.19. The molecule has 0 aliphatic carbocycles. The van der Waals surface area contributed by atoms with Crippen LogP contribution in [0.25, 0.3) is 0 Å². The molecular weight excluding hydrogens is 342 g/mol. The summed E-state index contributed by atoms with van der Waals surface area (Å²) in [5.74, 6) is 5.24. The van der Waals surface area contributed by atoms with Crippen LogP contribution in [0.5, 0.6) is 0 Å². The van der Waals surface area contributed by atoms with Crippen LogP contribution in [0.2, 0.25) is 5.15 Å². The van der Waals surface area contributed by atoms with Gasteiger partial charge < -0.3 is 4.90 Å². The van der Waals surface area contributed by atoms with Crippen molar-refractivity contribution >= 4 is 23.2 Å². The molecule has 25 heavy (non-hydrogen) atoms. The van der Waals surface area contributed by atoms with E-state index in [9.17, 15) is 14.4 Å². The molecule has 6 nitrogen and oxygen atoms in total. The van der Waals surface area contributed by atoms with Crippen molar-refractivity contribution in [2.75, 3.05) is 11.9 Å². The number of benzene rings is 1. The number of hydrogen-bond donors (Lipinski definition) is 0. The third-order valence-electron chi connectivity index (χ3n) is 3.54. The highest BCUT2D eigenvalue weighted by molar-refractivity contribution is 6.32. The molecule has 0 fully saturated rings. The van der Waals surface area contributed by atoms with Gasteiger partial charge in [0.25, 0.3) is 5.56 Å². The lowest BCUT2D eigenvalue weighted by Gasteiger charge is -2.19. The molecule has 1 heterocycles. The Labute approximate surface area is 149 Å². The first-order valence-electron chi connectivity index (χ1n) is 7.31. The van der Waals surface area contributed by atoms with E-state index in [-0.39, 0.29) is 17.4 Å². The molecule has 0 aliphatic heterocycles. The number of rotatable bonds is 3. The fourth-order valence-electron chi connectivity index (χ4n) is 2.13. The average molecular weight is 358 g/mol. The number of hydrogen-bond acceptors (Lipinski definition) is 3. The number of nitrogens with zero attached hydrogens (tertiary/aromatic N) is 3. The van der Waals surface area contributed by atoms with Crippen LogP contribution < -0.4 is 16.1 Å². The Morgan fingerprint density at radius 1 is 1.32 bits per heavy atom. The summed E-state index contributed by atoms with van der Waals surface area (Å²) in [7, 11) is 2.70. The van der Waals surface area contributed by atoms with E-state index < -0.39 is 17.2 Å². The lowest BCUT2D eigenvalue weighted by molar-refractivity contribution is -0.113. The Morgan fingerprint density at radius 2 is 1.96 bits per heavy atom. The molecule has 0 saturated carbocycles. The van der Waals surface area contributed by atoms with E-state index in [0.717, 1.165) is 25.7 Å². The van der Waals surface area contributed by atoms with Crippen molar-refractivity contribution in [1.82, 2.24) is 9.13 Å². The smallest absolute Gasteiger partial charge is 0.305 e. The fourth-order valence-corrected chi connectivity index (χ4v) is 2.47. The highest BCUT2D eigenvalue weighted by atomic mass is 35.5. The number of anilines is 1. The lowest BCUT2D eigenvalue weighted by Crippen LogP contribution is -2.42. The van der Waals surface area contributed by atoms with E-state index in [2.05, 4.69) is 18.4 Å². The molecule has 0 atom stereocenters. The minimum absolute atomic E-state index is 0.0240. The van der Waals surface area contributed by atoms with E-state index in [1.54, 1.807) is 0 Å². The zero-order valence-corrected chi connectivity index (χ0v) is 14.6. The van der Waals surface area contributed by atoms with Crippen LogP contribution in [0.3, 0.4) is 0 Å². The third kappa shape index (κ3) is 3.73. The van der Waals surface area contributed by atoms with Crippen LogP contribution in [0, 0.1) is 11.8 Å². The van der Waals surface area contributed by atoms with Crippen molar-refractivity contribution < 1.29 is 4.79 Å². The maximum absolute atomic E-state index is 12.3. The molecule has 0 radical (unpaired) electrons. The van der Waals surface area contributed by atoms with Crippen molar-refractivity contribution in [3.8, 4) is 11.8 Å². The molecular formula is C18H16ClN3O3. The van der Waals surface area contributed by atoms with Gasteiger partial charge in [-0.2, -0.15) is 0 Å². The minimum atomic E-state index is -0.667. The molecule has 1 aromatic carbocycles. The normalized spacial score (nSPS) is 9.88. The molecule has 1 aromatic heterocycles. The average Bonchev–Trinajstić information content (AvgIpc) is 2.63. The van der Waals surface area contributed by atoms with Gasteiger partial charge in [0.1, 0.15) is 10.8 Å². The summed E-state index contributed by atoms with van der Waals surface area (Å²) in [6, 6.07) is 9.24. The van der Waals surface area contributed by atoms with Crippen LogP contribution >= 0.6 is 11.6 Å². The Balaban J connectivity index is 2.52. The van der Waals surface area contributed by atoms with Crippen LogP contribution in [-0.2, 0) is 18.4 Å². The lowest BCUT2D eigenvalue weighted by atomic mass is 10.2. The summed E-state index contributed by atoms with van der Waals surface area (Å²) in [4.78, 5) is 37.5. The number of carbonyl (C=O) groups excluding carboxylic acids is 1. The van der Waals surface area contributed by atoms with Crippen molar-refractivity contribution in [2.45, 2.75) is 6.54 Å². The quantitative estimate of drug-likeness (QED) is 0.474. The molecule has 2 aromatic rings. The Bertz CT molecular complexity index is 994. The minimum Gasteiger partial charge on any atom is -0.305 e. The van der Waals surface area contributed by atoms with Gasteiger partial charge in [-0.05, 0) is 18.2 Å². The van der Waals surface area contributed by atoms with Crippen LogP contribution in [-0.4, -0.2) is 22.1 Å². The first-order valence-corrected chi connectivity index (χ1v) is 7.69. The Hall–Kier alpha value is -3.04. The molecule has 1 amide bonds. The maximum atomic E-state index is 12.3. The topological polar surface area (TPSA) is 64.3 Å². The second-order valence-corrected chi connectivity index (χ2v) is 5.50. The Morgan fingerprint density at radius 3 is 2.56 bits per heavy atom. The van der Waals surface area contributed by atoms with Crippen LogP contribution in [0.1, 0.15) is 5.56 Å². The van der Waals surface area contributed by atoms with Gasteiger partial charge in [0.2, 0.25) is 5.91 Å². The molecule has 2 rings (SSSR count). The summed E-state index contributed by atoms with van der Waals surface area (Å²) >= 11 is 6.22. The van der Waals surface area contributed by atoms with Crippen molar-refractivity contribution in [3.05, 3.63) is 74.5 Å². The molecule has 0 bridgehead atoms. The predicted molar refractivity (Wildman–Crippen MR) is 97.9 cm³/mol. The summed E-state index contributed by atoms with van der Waals surface area (Å²) in [5, 5.41) is -0.145. The maximum Gasteiger partial charge on any atom is 0.332 e. The molecule has 0 unspecified atom stereocenters. The molecule has 0 saturated heterocycles. The van der Waals surface area contributed by atoms with Gasteiger partial charge in [0.05, 0.1) is 6.54 Å². The summed E-state index contributed by atoms with van der Waals surface area (Å²) < 4.78 is 2.03. The molecule has 128 valence electrons. The van der Waals surface area contributed by atoms with Gasteiger partial charge in [-0.15, -0.1) is 0 Å². The molecule has 7 heteroatoms. The number of halogens is 1. The van der Waals surface area contributed by atoms with E-state index in [4.69, 9.17) is 11.6 Å². The van der Waals surface area contributed by atoms with E-state index >= 15 is 0 Å². The van der Waals surface area contributed by atoms with Gasteiger partial charge in [-0.25, -0.2) is 4.79 Å². The van der Waals surface area contributed by atoms with E-state index in [1.807, 2.05) is 30.3 Å². The summed E-state index contributed by atoms with van der Waals surface area (Å²) in [6.07, 6.45) is 1.06. The summed E-state index contributed by atoms with van der Waals surface area (Å²) in [5.41, 5.74) is -0.591. The number of amides is 1. The predicted octanol–water partition coefficient (Wildman–Crippen LogP) is 1.40. The van der Waals surface area contributed by atoms with Gasteiger partial charge >= 0.3 is 5.69 Å². The monoisotopic (exact) mass is 357 g/mol. The molecule has 0 N–H and O–H groups in total. The summed E-state index contributed by atoms with van der Waals surface area (Å²) in [6.45, 7) is 3.35. The van der Waals surface area contributed by atoms with Gasteiger partial charge in [0, 0.05) is 19.7 Å². The van der Waals surface area contributed by atoms with Gasteiger partial charge in [-0.3, -0.25) is 18.7 Å². The highest BCUT2D eigenvalue weighted by Gasteiger charge is 2.21. The van der Waals surface area contributed by atoms with Crippen molar-refractivity contribution in [2.24, 2.45) is 7.05 Å². The van der Waals surface area contributed by atoms with Crippen molar-refractivity contribution in [3.63, 3.8) is 0 Å². The first-order chi connectivity index (χ1) is 11.9. The number of carbonyl (C=O) groups is 1. The fraction of sp³-hybridized carbons (Fsp3) is 0.167. The molecule has 0 spiro atoms. The largest absolute Gasteiger partial charge is 0.332 e. The number of aromatic nitrogens is 2. The Kier molecular flexibility index (Phi) is 5.63. The van der Waals surface area contributed by atoms with Crippen molar-refractivity contribution in [1.29, 1.82) is 0 Å². The van der Waals surface area contributed by atoms with Crippen LogP contribution in [0.15, 0.2) is 52.6 Å². The molecule has 0 aliphatic rings. The second kappa shape index (κ2) is 7.69. The van der Waals surface area contributed by atoms with Gasteiger partial charge in [-0.1, -0.05) is 48.2 Å². The third-order valence-corrected chi connectivity index (χ3v) is 3.92. The van der Waals surface area contributed by atoms with Gasteiger partial charge in [0.15, 0.2) is 0 Å². The zero-order chi connectivity index (χ0) is 18.6. The SMILES string of the molecule is C=CC(=O)N(C)c1c(Cl)n(CC#Cc2ccccc2)c(=O)n(C)c1=O. The number of likely N-dealkylation sites (N-methyl/N-ethyl adjacent to an activating group) is 1. The van der Waals surface area contributed by atoms with E-state index in [0.29, 0.717) is 0 Å². The standard InChI is InChI=1S/C18H16ClN3O3/c1-4-14(23)20(2)15-16(19)22(18(25)21(3)17(15)24)12-8-11-13-9-6-5-7-10-13/h4-7,9-10H,1,12H2,2-3H3. The second-order valence-electron chi connectivity index (χ2n) is 5.14. The first kappa shape index (κ1) is 18.3.